The number of hydrogen-bond donors (Lipinski definition) is 2. The summed E-state index contributed by atoms with van der Waals surface area (Å²) in [7, 11) is 0. The van der Waals surface area contributed by atoms with Crippen LogP contribution in [0.25, 0.3) is 0 Å². The van der Waals surface area contributed by atoms with Crippen molar-refractivity contribution in [3.8, 4) is 0 Å². The molecule has 1 aromatic rings. The topological polar surface area (TPSA) is 46.2 Å². The van der Waals surface area contributed by atoms with Crippen molar-refractivity contribution in [3.05, 3.63) is 35.1 Å². The third-order valence-electron chi connectivity index (χ3n) is 1.87. The summed E-state index contributed by atoms with van der Waals surface area (Å²) < 4.78 is 37.9. The first-order valence-electron chi connectivity index (χ1n) is 4.07. The Morgan fingerprint density at radius 1 is 1.20 bits per heavy atom. The van der Waals surface area contributed by atoms with Gasteiger partial charge in [-0.3, -0.25) is 0 Å². The predicted molar refractivity (Wildman–Crippen MR) is 52.2 cm³/mol. The molecule has 0 aliphatic carbocycles. The summed E-state index contributed by atoms with van der Waals surface area (Å²) in [6.45, 7) is -0.193. The van der Waals surface area contributed by atoms with E-state index in [-0.39, 0.29) is 31.0 Å². The second-order valence-corrected chi connectivity index (χ2v) is 2.92. The maximum absolute atomic E-state index is 12.7. The zero-order chi connectivity index (χ0) is 10.7. The zero-order valence-electron chi connectivity index (χ0n) is 7.71. The van der Waals surface area contributed by atoms with Crippen LogP contribution in [0.5, 0.6) is 0 Å². The number of nitrogens with two attached hydrogens (primary N) is 1. The molecule has 0 saturated carbocycles. The maximum atomic E-state index is 12.7. The summed E-state index contributed by atoms with van der Waals surface area (Å²) >= 11 is 0. The second-order valence-electron chi connectivity index (χ2n) is 2.92. The summed E-state index contributed by atoms with van der Waals surface area (Å²) in [4.78, 5) is 0. The van der Waals surface area contributed by atoms with E-state index in [1.807, 2.05) is 0 Å². The lowest BCUT2D eigenvalue weighted by Gasteiger charge is -2.10. The van der Waals surface area contributed by atoms with Gasteiger partial charge in [0.2, 0.25) is 0 Å². The van der Waals surface area contributed by atoms with Crippen LogP contribution in [0.1, 0.15) is 18.0 Å². The predicted octanol–water partition coefficient (Wildman–Crippen LogP) is 1.91. The van der Waals surface area contributed by atoms with Gasteiger partial charge in [-0.25, -0.2) is 13.2 Å². The van der Waals surface area contributed by atoms with E-state index in [9.17, 15) is 13.2 Å². The Morgan fingerprint density at radius 3 is 2.07 bits per heavy atom. The third kappa shape index (κ3) is 3.37. The Hall–Kier alpha value is -0.780. The van der Waals surface area contributed by atoms with Gasteiger partial charge in [0.1, 0.15) is 0 Å². The molecule has 3 N–H and O–H groups in total. The van der Waals surface area contributed by atoms with E-state index >= 15 is 0 Å². The Balaban J connectivity index is 0.00000196. The van der Waals surface area contributed by atoms with E-state index in [1.54, 1.807) is 0 Å². The minimum atomic E-state index is -1.51. The van der Waals surface area contributed by atoms with Crippen LogP contribution in [0.4, 0.5) is 13.2 Å². The molecule has 1 rings (SSSR count). The molecular formula is C9H11ClF3NO. The van der Waals surface area contributed by atoms with Gasteiger partial charge in [0.05, 0.1) is 0 Å². The van der Waals surface area contributed by atoms with Gasteiger partial charge in [-0.1, -0.05) is 0 Å². The highest BCUT2D eigenvalue weighted by molar-refractivity contribution is 5.85. The SMILES string of the molecule is Cl.N[C@@H](CCO)c1cc(F)c(F)c(F)c1. The molecule has 6 heteroatoms. The van der Waals surface area contributed by atoms with Crippen molar-refractivity contribution in [2.45, 2.75) is 12.5 Å². The van der Waals surface area contributed by atoms with Gasteiger partial charge in [-0.05, 0) is 24.1 Å². The number of benzene rings is 1. The fourth-order valence-electron chi connectivity index (χ4n) is 1.09. The number of rotatable bonds is 3. The van der Waals surface area contributed by atoms with E-state index in [0.29, 0.717) is 0 Å². The fraction of sp³-hybridized carbons (Fsp3) is 0.333. The highest BCUT2D eigenvalue weighted by Crippen LogP contribution is 2.19. The van der Waals surface area contributed by atoms with Crippen LogP contribution in [-0.4, -0.2) is 11.7 Å². The van der Waals surface area contributed by atoms with E-state index < -0.39 is 23.5 Å². The Morgan fingerprint density at radius 2 is 1.67 bits per heavy atom. The first-order valence-corrected chi connectivity index (χ1v) is 4.07. The molecule has 0 radical (unpaired) electrons. The summed E-state index contributed by atoms with van der Waals surface area (Å²) in [6, 6.07) is 0.974. The molecule has 15 heavy (non-hydrogen) atoms. The van der Waals surface area contributed by atoms with Crippen LogP contribution in [0, 0.1) is 17.5 Å². The van der Waals surface area contributed by atoms with Crippen LogP contribution in [0.15, 0.2) is 12.1 Å². The van der Waals surface area contributed by atoms with Crippen molar-refractivity contribution in [1.82, 2.24) is 0 Å². The van der Waals surface area contributed by atoms with Crippen molar-refractivity contribution in [3.63, 3.8) is 0 Å². The van der Waals surface area contributed by atoms with Crippen LogP contribution in [0.2, 0.25) is 0 Å². The molecule has 0 heterocycles. The molecule has 0 amide bonds. The Labute approximate surface area is 91.3 Å². The minimum Gasteiger partial charge on any atom is -0.396 e. The van der Waals surface area contributed by atoms with Crippen molar-refractivity contribution in [1.29, 1.82) is 0 Å². The number of hydrogen-bond acceptors (Lipinski definition) is 2. The van der Waals surface area contributed by atoms with Crippen LogP contribution in [0.3, 0.4) is 0 Å². The zero-order valence-corrected chi connectivity index (χ0v) is 8.53. The van der Waals surface area contributed by atoms with Crippen LogP contribution >= 0.6 is 12.4 Å². The third-order valence-corrected chi connectivity index (χ3v) is 1.87. The minimum absolute atomic E-state index is 0. The van der Waals surface area contributed by atoms with Crippen LogP contribution < -0.4 is 5.73 Å². The van der Waals surface area contributed by atoms with E-state index in [2.05, 4.69) is 0 Å². The summed E-state index contributed by atoms with van der Waals surface area (Å²) in [5.74, 6) is -4.05. The van der Waals surface area contributed by atoms with Gasteiger partial charge in [-0.2, -0.15) is 0 Å². The smallest absolute Gasteiger partial charge is 0.194 e. The maximum Gasteiger partial charge on any atom is 0.194 e. The largest absolute Gasteiger partial charge is 0.396 e. The molecule has 0 spiro atoms. The number of halogens is 4. The summed E-state index contributed by atoms with van der Waals surface area (Å²) in [6.07, 6.45) is 0.171. The van der Waals surface area contributed by atoms with Gasteiger partial charge in [0.25, 0.3) is 0 Å². The molecule has 2 nitrogen and oxygen atoms in total. The standard InChI is InChI=1S/C9H10F3NO.ClH/c10-6-3-5(8(13)1-2-14)4-7(11)9(6)12;/h3-4,8,14H,1-2,13H2;1H/t8-;/m0./s1. The number of aliphatic hydroxyl groups excluding tert-OH is 1. The molecule has 0 aliphatic heterocycles. The lowest BCUT2D eigenvalue weighted by atomic mass is 10.0. The molecule has 0 aliphatic rings. The molecule has 0 saturated heterocycles. The van der Waals surface area contributed by atoms with Gasteiger partial charge in [0.15, 0.2) is 17.5 Å². The molecular weight excluding hydrogens is 231 g/mol. The van der Waals surface area contributed by atoms with Gasteiger partial charge in [0, 0.05) is 12.6 Å². The Kier molecular flexibility index (Phi) is 5.64. The normalized spacial score (nSPS) is 12.1. The number of aliphatic hydroxyl groups is 1. The first kappa shape index (κ1) is 14.2. The lowest BCUT2D eigenvalue weighted by molar-refractivity contribution is 0.276. The van der Waals surface area contributed by atoms with Crippen molar-refractivity contribution in [2.75, 3.05) is 6.61 Å². The van der Waals surface area contributed by atoms with E-state index in [4.69, 9.17) is 10.8 Å². The van der Waals surface area contributed by atoms with Crippen molar-refractivity contribution in [2.24, 2.45) is 5.73 Å². The average Bonchev–Trinajstić information content (AvgIpc) is 2.13. The molecule has 1 atom stereocenters. The van der Waals surface area contributed by atoms with Gasteiger partial charge >= 0.3 is 0 Å². The van der Waals surface area contributed by atoms with E-state index in [1.165, 1.54) is 0 Å². The summed E-state index contributed by atoms with van der Waals surface area (Å²) in [5, 5.41) is 8.55. The quantitative estimate of drug-likeness (QED) is 0.794. The first-order chi connectivity index (χ1) is 6.56. The van der Waals surface area contributed by atoms with Crippen LogP contribution in [-0.2, 0) is 0 Å². The Bertz CT molecular complexity index is 312. The molecule has 86 valence electrons. The highest BCUT2D eigenvalue weighted by Gasteiger charge is 2.14. The molecule has 1 aromatic carbocycles. The van der Waals surface area contributed by atoms with Gasteiger partial charge < -0.3 is 10.8 Å². The molecule has 0 fully saturated rings. The molecule has 0 aromatic heterocycles. The van der Waals surface area contributed by atoms with Crippen molar-refractivity contribution >= 4 is 12.4 Å². The van der Waals surface area contributed by atoms with Gasteiger partial charge in [-0.15, -0.1) is 12.4 Å². The summed E-state index contributed by atoms with van der Waals surface area (Å²) in [5.41, 5.74) is 5.61. The average molecular weight is 242 g/mol. The lowest BCUT2D eigenvalue weighted by Crippen LogP contribution is -2.13. The molecule has 0 unspecified atom stereocenters. The highest BCUT2D eigenvalue weighted by atomic mass is 35.5. The molecule has 0 bridgehead atoms. The van der Waals surface area contributed by atoms with Crippen molar-refractivity contribution < 1.29 is 18.3 Å². The second kappa shape index (κ2) is 5.95. The van der Waals surface area contributed by atoms with E-state index in [0.717, 1.165) is 12.1 Å². The fourth-order valence-corrected chi connectivity index (χ4v) is 1.09. The monoisotopic (exact) mass is 241 g/mol.